The van der Waals surface area contributed by atoms with E-state index in [2.05, 4.69) is 4.99 Å². The first-order valence-electron chi connectivity index (χ1n) is 8.96. The molecule has 1 saturated heterocycles. The van der Waals surface area contributed by atoms with Gasteiger partial charge in [0.1, 0.15) is 11.3 Å². The van der Waals surface area contributed by atoms with Gasteiger partial charge in [0.2, 0.25) is 10.0 Å². The van der Waals surface area contributed by atoms with Crippen molar-refractivity contribution in [3.63, 3.8) is 0 Å². The molecule has 2 heterocycles. The Morgan fingerprint density at radius 1 is 1.41 bits per heavy atom. The van der Waals surface area contributed by atoms with Crippen molar-refractivity contribution in [2.45, 2.75) is 33.2 Å². The predicted molar refractivity (Wildman–Crippen MR) is 106 cm³/mol. The Hall–Kier alpha value is -1.71. The molecule has 2 aromatic rings. The van der Waals surface area contributed by atoms with Crippen LogP contribution in [0.1, 0.15) is 25.3 Å². The average Bonchev–Trinajstić information content (AvgIpc) is 3.00. The quantitative estimate of drug-likeness (QED) is 0.772. The van der Waals surface area contributed by atoms with Gasteiger partial charge >= 0.3 is 0 Å². The molecular formula is C18H25N3O4S2. The number of thiazole rings is 1. The zero-order valence-electron chi connectivity index (χ0n) is 16.1. The van der Waals surface area contributed by atoms with Crippen molar-refractivity contribution in [3.05, 3.63) is 22.5 Å². The minimum Gasteiger partial charge on any atom is -0.495 e. The minimum atomic E-state index is -3.29. The van der Waals surface area contributed by atoms with Crippen molar-refractivity contribution in [2.75, 3.05) is 26.5 Å². The average molecular weight is 412 g/mol. The Kier molecular flexibility index (Phi) is 5.73. The summed E-state index contributed by atoms with van der Waals surface area (Å²) in [6.45, 7) is 5.36. The first-order valence-corrected chi connectivity index (χ1v) is 11.6. The molecule has 1 aliphatic heterocycles. The second kappa shape index (κ2) is 7.73. The van der Waals surface area contributed by atoms with Crippen molar-refractivity contribution in [1.29, 1.82) is 0 Å². The summed E-state index contributed by atoms with van der Waals surface area (Å²) in [6, 6.07) is 3.92. The summed E-state index contributed by atoms with van der Waals surface area (Å²) in [5.41, 5.74) is 2.05. The number of carbonyl (C=O) groups is 1. The normalized spacial score (nSPS) is 19.6. The van der Waals surface area contributed by atoms with E-state index in [-0.39, 0.29) is 12.5 Å². The van der Waals surface area contributed by atoms with E-state index in [0.29, 0.717) is 30.7 Å². The van der Waals surface area contributed by atoms with Crippen LogP contribution in [0.25, 0.3) is 10.2 Å². The molecule has 1 aromatic heterocycles. The van der Waals surface area contributed by atoms with Crippen LogP contribution in [0, 0.1) is 12.8 Å². The highest BCUT2D eigenvalue weighted by Crippen LogP contribution is 2.30. The second-order valence-corrected chi connectivity index (χ2v) is 9.76. The summed E-state index contributed by atoms with van der Waals surface area (Å²) in [5, 5.41) is 0. The molecule has 0 bridgehead atoms. The molecule has 1 atom stereocenters. The number of fused-ring (bicyclic) bond motifs is 1. The van der Waals surface area contributed by atoms with Gasteiger partial charge in [-0.3, -0.25) is 4.79 Å². The third-order valence-electron chi connectivity index (χ3n) is 4.93. The Morgan fingerprint density at radius 2 is 2.15 bits per heavy atom. The molecule has 7 nitrogen and oxygen atoms in total. The molecule has 0 aliphatic carbocycles. The van der Waals surface area contributed by atoms with E-state index in [1.54, 1.807) is 7.11 Å². The largest absolute Gasteiger partial charge is 0.495 e. The van der Waals surface area contributed by atoms with Gasteiger partial charge < -0.3 is 9.30 Å². The van der Waals surface area contributed by atoms with Crippen molar-refractivity contribution < 1.29 is 17.9 Å². The van der Waals surface area contributed by atoms with Crippen molar-refractivity contribution in [1.82, 2.24) is 8.87 Å². The van der Waals surface area contributed by atoms with Crippen LogP contribution in [0.3, 0.4) is 0 Å². The fourth-order valence-corrected chi connectivity index (χ4v) is 5.55. The number of hydrogen-bond acceptors (Lipinski definition) is 5. The number of carbonyl (C=O) groups excluding carboxylic acids is 1. The maximum absolute atomic E-state index is 12.8. The summed E-state index contributed by atoms with van der Waals surface area (Å²) < 4.78 is 33.5. The van der Waals surface area contributed by atoms with Crippen LogP contribution in [0.2, 0.25) is 0 Å². The number of rotatable bonds is 4. The van der Waals surface area contributed by atoms with Gasteiger partial charge in [-0.1, -0.05) is 17.4 Å². The van der Waals surface area contributed by atoms with E-state index in [0.717, 1.165) is 21.5 Å². The lowest BCUT2D eigenvalue weighted by molar-refractivity contribution is -0.122. The van der Waals surface area contributed by atoms with E-state index in [9.17, 15) is 13.2 Å². The Labute approximate surface area is 163 Å². The molecule has 148 valence electrons. The predicted octanol–water partition coefficient (Wildman–Crippen LogP) is 2.14. The molecule has 27 heavy (non-hydrogen) atoms. The van der Waals surface area contributed by atoms with E-state index in [1.807, 2.05) is 30.5 Å². The highest BCUT2D eigenvalue weighted by atomic mass is 32.2. The number of amides is 1. The number of aromatic nitrogens is 1. The number of ether oxygens (including phenoxy) is 1. The fourth-order valence-electron chi connectivity index (χ4n) is 3.45. The van der Waals surface area contributed by atoms with E-state index in [1.165, 1.54) is 21.9 Å². The smallest absolute Gasteiger partial charge is 0.252 e. The first-order chi connectivity index (χ1) is 12.8. The van der Waals surface area contributed by atoms with E-state index >= 15 is 0 Å². The summed E-state index contributed by atoms with van der Waals surface area (Å²) >= 11 is 1.47. The van der Waals surface area contributed by atoms with Gasteiger partial charge in [-0.05, 0) is 38.3 Å². The van der Waals surface area contributed by atoms with E-state index < -0.39 is 15.9 Å². The fraction of sp³-hybridized carbons (Fsp3) is 0.556. The van der Waals surface area contributed by atoms with Crippen LogP contribution >= 0.6 is 11.3 Å². The Balaban J connectivity index is 2.03. The van der Waals surface area contributed by atoms with Crippen molar-refractivity contribution in [2.24, 2.45) is 10.9 Å². The zero-order valence-corrected chi connectivity index (χ0v) is 17.7. The SMILES string of the molecule is CCn1c(=NC(=O)C2CCCN(S(C)(=O)=O)C2)sc2c(C)ccc(OC)c21. The zero-order chi connectivity index (χ0) is 19.8. The third-order valence-corrected chi connectivity index (χ3v) is 7.41. The molecule has 1 aliphatic rings. The van der Waals surface area contributed by atoms with Gasteiger partial charge in [0.15, 0.2) is 4.80 Å². The Morgan fingerprint density at radius 3 is 2.78 bits per heavy atom. The molecule has 0 radical (unpaired) electrons. The topological polar surface area (TPSA) is 81.0 Å². The number of methoxy groups -OCH3 is 1. The molecule has 9 heteroatoms. The van der Waals surface area contributed by atoms with Crippen LogP contribution in [0.15, 0.2) is 17.1 Å². The van der Waals surface area contributed by atoms with Crippen molar-refractivity contribution in [3.8, 4) is 5.75 Å². The summed E-state index contributed by atoms with van der Waals surface area (Å²) in [6.07, 6.45) is 2.52. The number of benzene rings is 1. The minimum absolute atomic E-state index is 0.209. The van der Waals surface area contributed by atoms with Crippen LogP contribution < -0.4 is 9.54 Å². The highest BCUT2D eigenvalue weighted by molar-refractivity contribution is 7.88. The molecule has 1 fully saturated rings. The maximum Gasteiger partial charge on any atom is 0.252 e. The molecule has 0 saturated carbocycles. The second-order valence-electron chi connectivity index (χ2n) is 6.80. The van der Waals surface area contributed by atoms with Crippen molar-refractivity contribution >= 4 is 37.5 Å². The first kappa shape index (κ1) is 20.0. The molecule has 0 spiro atoms. The lowest BCUT2D eigenvalue weighted by Crippen LogP contribution is -2.41. The monoisotopic (exact) mass is 411 g/mol. The van der Waals surface area contributed by atoms with Gasteiger partial charge in [-0.15, -0.1) is 0 Å². The molecule has 1 amide bonds. The van der Waals surface area contributed by atoms with Crippen LogP contribution in [-0.4, -0.2) is 49.7 Å². The lowest BCUT2D eigenvalue weighted by Gasteiger charge is -2.28. The van der Waals surface area contributed by atoms with Crippen LogP contribution in [0.5, 0.6) is 5.75 Å². The van der Waals surface area contributed by atoms with Crippen LogP contribution in [0.4, 0.5) is 0 Å². The lowest BCUT2D eigenvalue weighted by atomic mass is 9.99. The molecule has 0 N–H and O–H groups in total. The standard InChI is InChI=1S/C18H25N3O4S2/c1-5-21-15-14(25-3)9-8-12(2)16(15)26-18(21)19-17(22)13-7-6-10-20(11-13)27(4,23)24/h8-9,13H,5-7,10-11H2,1-4H3. The number of piperidine rings is 1. The third kappa shape index (κ3) is 3.95. The van der Waals surface area contributed by atoms with Crippen LogP contribution in [-0.2, 0) is 21.4 Å². The Bertz CT molecular complexity index is 1040. The van der Waals surface area contributed by atoms with Gasteiger partial charge in [-0.2, -0.15) is 4.99 Å². The maximum atomic E-state index is 12.8. The van der Waals surface area contributed by atoms with E-state index in [4.69, 9.17) is 4.74 Å². The molecule has 3 rings (SSSR count). The molecule has 1 aromatic carbocycles. The molecule has 1 unspecified atom stereocenters. The van der Waals surface area contributed by atoms with Gasteiger partial charge in [0.05, 0.1) is 24.0 Å². The summed E-state index contributed by atoms with van der Waals surface area (Å²) in [5.74, 6) is 0.101. The van der Waals surface area contributed by atoms with Gasteiger partial charge in [-0.25, -0.2) is 12.7 Å². The highest BCUT2D eigenvalue weighted by Gasteiger charge is 2.30. The summed E-state index contributed by atoms with van der Waals surface area (Å²) in [7, 11) is -1.66. The van der Waals surface area contributed by atoms with Gasteiger partial charge in [0, 0.05) is 19.6 Å². The summed E-state index contributed by atoms with van der Waals surface area (Å²) in [4.78, 5) is 17.8. The number of hydrogen-bond donors (Lipinski definition) is 0. The number of nitrogens with zero attached hydrogens (tertiary/aromatic N) is 3. The molecular weight excluding hydrogens is 386 g/mol. The number of aryl methyl sites for hydroxylation is 2. The number of sulfonamides is 1. The van der Waals surface area contributed by atoms with Gasteiger partial charge in [0.25, 0.3) is 5.91 Å².